The monoisotopic (exact) mass is 461 g/mol. The molecule has 1 fully saturated rings. The van der Waals surface area contributed by atoms with Crippen LogP contribution in [-0.2, 0) is 24.0 Å². The minimum absolute atomic E-state index is 0.00372. The molecule has 5 unspecified atom stereocenters. The maximum Gasteiger partial charge on any atom is 0.309 e. The van der Waals surface area contributed by atoms with E-state index in [1.54, 1.807) is 12.2 Å². The molecule has 10 heteroatoms. The van der Waals surface area contributed by atoms with Crippen molar-refractivity contribution in [3.63, 3.8) is 0 Å². The maximum atomic E-state index is 12.4. The van der Waals surface area contributed by atoms with Crippen molar-refractivity contribution < 1.29 is 34.2 Å². The van der Waals surface area contributed by atoms with Gasteiger partial charge < -0.3 is 31.0 Å². The van der Waals surface area contributed by atoms with Gasteiger partial charge in [0.25, 0.3) is 0 Å². The van der Waals surface area contributed by atoms with Gasteiger partial charge in [-0.1, -0.05) is 26.0 Å². The number of allylic oxidation sites excluding steroid dienone is 2. The Hall–Kier alpha value is -3.43. The van der Waals surface area contributed by atoms with Gasteiger partial charge in [0.15, 0.2) is 0 Å². The standard InChI is InChI=1S/C23H31N3O7/c1-4-18(21(31)26-23(12-27)10-17(23)22(32)33)25-19(29)9-13(2)14(3)11-24-20(30)15-5-7-16(28)8-6-15/h4-5,7-8,12-15,17-18,28H,1,6,9-11H2,2-3H3,(H,24,30)(H,25,29)(H,26,31)(H,32,33)/t13?,14?,15?,17?,18-,23?/m0/s1. The SMILES string of the molecule is C=C[C@H](NC(=O)CC(C)C(C)CNC(=O)C1C=CC(O)=CC1)C(=O)NC1(C=O)CC1C(=O)O. The molecular weight excluding hydrogens is 430 g/mol. The fourth-order valence-corrected chi connectivity index (χ4v) is 3.55. The number of hydrogen-bond donors (Lipinski definition) is 5. The summed E-state index contributed by atoms with van der Waals surface area (Å²) in [5.74, 6) is -3.80. The summed E-state index contributed by atoms with van der Waals surface area (Å²) < 4.78 is 0. The summed E-state index contributed by atoms with van der Waals surface area (Å²) in [6.45, 7) is 7.63. The molecular formula is C23H31N3O7. The molecule has 10 nitrogen and oxygen atoms in total. The molecule has 0 radical (unpaired) electrons. The van der Waals surface area contributed by atoms with Crippen LogP contribution in [0.2, 0.25) is 0 Å². The highest BCUT2D eigenvalue weighted by molar-refractivity contribution is 5.95. The van der Waals surface area contributed by atoms with Gasteiger partial charge in [0.1, 0.15) is 23.6 Å². The third-order valence-electron chi connectivity index (χ3n) is 6.20. The first-order valence-corrected chi connectivity index (χ1v) is 10.8. The topological polar surface area (TPSA) is 162 Å². The van der Waals surface area contributed by atoms with E-state index in [4.69, 9.17) is 5.11 Å². The van der Waals surface area contributed by atoms with Crippen LogP contribution in [0.5, 0.6) is 0 Å². The van der Waals surface area contributed by atoms with Crippen LogP contribution < -0.4 is 16.0 Å². The number of carbonyl (C=O) groups is 5. The number of aliphatic hydroxyl groups excluding tert-OH is 1. The smallest absolute Gasteiger partial charge is 0.309 e. The van der Waals surface area contributed by atoms with E-state index in [-0.39, 0.29) is 42.3 Å². The summed E-state index contributed by atoms with van der Waals surface area (Å²) >= 11 is 0. The van der Waals surface area contributed by atoms with E-state index >= 15 is 0 Å². The van der Waals surface area contributed by atoms with Crippen LogP contribution in [-0.4, -0.2) is 58.3 Å². The Bertz CT molecular complexity index is 881. The second-order valence-electron chi connectivity index (χ2n) is 8.76. The van der Waals surface area contributed by atoms with E-state index in [0.717, 1.165) is 0 Å². The molecule has 2 aliphatic rings. The second-order valence-corrected chi connectivity index (χ2v) is 8.76. The van der Waals surface area contributed by atoms with Crippen LogP contribution in [0.15, 0.2) is 36.6 Å². The van der Waals surface area contributed by atoms with Gasteiger partial charge in [0.2, 0.25) is 17.7 Å². The highest BCUT2D eigenvalue weighted by Crippen LogP contribution is 2.41. The van der Waals surface area contributed by atoms with E-state index in [2.05, 4.69) is 22.5 Å². The predicted octanol–water partition coefficient (Wildman–Crippen LogP) is 0.612. The molecule has 0 aliphatic heterocycles. The number of carbonyl (C=O) groups excluding carboxylic acids is 4. The van der Waals surface area contributed by atoms with E-state index in [1.165, 1.54) is 12.2 Å². The molecule has 0 aromatic rings. The number of rotatable bonds is 12. The summed E-state index contributed by atoms with van der Waals surface area (Å²) in [6.07, 6.45) is 6.84. The van der Waals surface area contributed by atoms with Crippen molar-refractivity contribution in [3.8, 4) is 0 Å². The molecule has 0 saturated heterocycles. The van der Waals surface area contributed by atoms with E-state index in [1.807, 2.05) is 13.8 Å². The normalized spacial score (nSPS) is 26.1. The summed E-state index contributed by atoms with van der Waals surface area (Å²) in [5, 5.41) is 26.2. The summed E-state index contributed by atoms with van der Waals surface area (Å²) in [4.78, 5) is 59.5. The summed E-state index contributed by atoms with van der Waals surface area (Å²) in [7, 11) is 0. The van der Waals surface area contributed by atoms with Crippen LogP contribution in [0, 0.1) is 23.7 Å². The van der Waals surface area contributed by atoms with E-state index in [9.17, 15) is 29.1 Å². The van der Waals surface area contributed by atoms with Crippen LogP contribution in [0.25, 0.3) is 0 Å². The third-order valence-corrected chi connectivity index (χ3v) is 6.20. The minimum atomic E-state index is -1.45. The Kier molecular flexibility index (Phi) is 8.56. The Morgan fingerprint density at radius 3 is 2.48 bits per heavy atom. The highest BCUT2D eigenvalue weighted by atomic mass is 16.4. The molecule has 33 heavy (non-hydrogen) atoms. The zero-order valence-electron chi connectivity index (χ0n) is 18.7. The van der Waals surface area contributed by atoms with Crippen molar-refractivity contribution in [2.75, 3.05) is 6.54 Å². The molecule has 0 spiro atoms. The largest absolute Gasteiger partial charge is 0.508 e. The number of aliphatic carboxylic acids is 1. The molecule has 1 saturated carbocycles. The lowest BCUT2D eigenvalue weighted by Gasteiger charge is -2.23. The first-order chi connectivity index (χ1) is 15.5. The first-order valence-electron chi connectivity index (χ1n) is 10.8. The van der Waals surface area contributed by atoms with Gasteiger partial charge in [0.05, 0.1) is 11.8 Å². The lowest BCUT2D eigenvalue weighted by atomic mass is 9.91. The average molecular weight is 462 g/mol. The molecule has 3 amide bonds. The molecule has 0 aromatic carbocycles. The number of nitrogens with one attached hydrogen (secondary N) is 3. The zero-order chi connectivity index (χ0) is 24.8. The van der Waals surface area contributed by atoms with Gasteiger partial charge in [-0.3, -0.25) is 19.2 Å². The average Bonchev–Trinajstić information content (AvgIpc) is 3.50. The van der Waals surface area contributed by atoms with Crippen LogP contribution in [0.3, 0.4) is 0 Å². The Balaban J connectivity index is 1.79. The van der Waals surface area contributed by atoms with Crippen molar-refractivity contribution in [3.05, 3.63) is 36.6 Å². The molecule has 2 aliphatic carbocycles. The predicted molar refractivity (Wildman–Crippen MR) is 119 cm³/mol. The van der Waals surface area contributed by atoms with E-state index in [0.29, 0.717) is 19.3 Å². The fraction of sp³-hybridized carbons (Fsp3) is 0.522. The number of aliphatic hydroxyl groups is 1. The fourth-order valence-electron chi connectivity index (χ4n) is 3.55. The molecule has 2 rings (SSSR count). The van der Waals surface area contributed by atoms with Crippen molar-refractivity contribution in [2.45, 2.75) is 44.7 Å². The van der Waals surface area contributed by atoms with Crippen molar-refractivity contribution in [1.29, 1.82) is 0 Å². The third kappa shape index (κ3) is 6.77. The highest BCUT2D eigenvalue weighted by Gasteiger charge is 2.60. The van der Waals surface area contributed by atoms with Crippen LogP contribution in [0.4, 0.5) is 0 Å². The lowest BCUT2D eigenvalue weighted by Crippen LogP contribution is -2.51. The minimum Gasteiger partial charge on any atom is -0.508 e. The Labute approximate surface area is 192 Å². The molecule has 0 aromatic heterocycles. The van der Waals surface area contributed by atoms with Gasteiger partial charge in [-0.25, -0.2) is 0 Å². The van der Waals surface area contributed by atoms with Gasteiger partial charge in [-0.05, 0) is 36.8 Å². The molecule has 6 atom stereocenters. The van der Waals surface area contributed by atoms with Gasteiger partial charge >= 0.3 is 5.97 Å². The molecule has 5 N–H and O–H groups in total. The van der Waals surface area contributed by atoms with Crippen molar-refractivity contribution in [1.82, 2.24) is 16.0 Å². The number of hydrogen-bond acceptors (Lipinski definition) is 6. The quantitative estimate of drug-likeness (QED) is 0.210. The lowest BCUT2D eigenvalue weighted by molar-refractivity contribution is -0.140. The van der Waals surface area contributed by atoms with Crippen molar-refractivity contribution in [2.24, 2.45) is 23.7 Å². The molecule has 0 bridgehead atoms. The first kappa shape index (κ1) is 25.8. The number of carboxylic acid groups (broad SMARTS) is 1. The van der Waals surface area contributed by atoms with Crippen molar-refractivity contribution >= 4 is 30.0 Å². The van der Waals surface area contributed by atoms with Gasteiger partial charge in [0, 0.05) is 13.0 Å². The Morgan fingerprint density at radius 2 is 1.97 bits per heavy atom. The van der Waals surface area contributed by atoms with Gasteiger partial charge in [-0.2, -0.15) is 0 Å². The second kappa shape index (κ2) is 10.9. The zero-order valence-corrected chi connectivity index (χ0v) is 18.7. The van der Waals surface area contributed by atoms with Gasteiger partial charge in [-0.15, -0.1) is 6.58 Å². The number of aldehydes is 1. The summed E-state index contributed by atoms with van der Waals surface area (Å²) in [5.41, 5.74) is -1.45. The maximum absolute atomic E-state index is 12.4. The van der Waals surface area contributed by atoms with E-state index < -0.39 is 35.3 Å². The molecule has 180 valence electrons. The van der Waals surface area contributed by atoms with Crippen LogP contribution in [0.1, 0.15) is 33.1 Å². The number of amides is 3. The summed E-state index contributed by atoms with van der Waals surface area (Å²) in [6, 6.07) is -1.12. The van der Waals surface area contributed by atoms with Crippen LogP contribution >= 0.6 is 0 Å². The Morgan fingerprint density at radius 1 is 1.27 bits per heavy atom. The number of carboxylic acids is 1. The molecule has 0 heterocycles.